The van der Waals surface area contributed by atoms with Gasteiger partial charge in [0.2, 0.25) is 0 Å². The molecule has 0 fully saturated rings. The standard InChI is InChI=1S/C23H23Cl/c1-5-17-8-7-9-21-22(15(3)16(4)23(17)21)14-18(6-2)19-10-12-20(24)13-11-19/h5,7-10,12,14H,1,4,6,11,13H2,2-3H3/b18-14+. The van der Waals surface area contributed by atoms with E-state index in [1.165, 1.54) is 33.4 Å². The zero-order valence-corrected chi connectivity index (χ0v) is 15.2. The third kappa shape index (κ3) is 2.87. The minimum Gasteiger partial charge on any atom is -0.0984 e. The lowest BCUT2D eigenvalue weighted by atomic mass is 9.92. The summed E-state index contributed by atoms with van der Waals surface area (Å²) in [4.78, 5) is 0. The van der Waals surface area contributed by atoms with E-state index in [1.54, 1.807) is 0 Å². The van der Waals surface area contributed by atoms with Crippen LogP contribution < -0.4 is 0 Å². The lowest BCUT2D eigenvalue weighted by molar-refractivity contribution is 0.927. The highest BCUT2D eigenvalue weighted by Gasteiger charge is 2.23. The van der Waals surface area contributed by atoms with Crippen LogP contribution in [0, 0.1) is 0 Å². The van der Waals surface area contributed by atoms with Crippen molar-refractivity contribution in [1.82, 2.24) is 0 Å². The Bertz CT molecular complexity index is 841. The third-order valence-electron chi connectivity index (χ3n) is 4.98. The first-order chi connectivity index (χ1) is 11.6. The maximum atomic E-state index is 6.11. The predicted octanol–water partition coefficient (Wildman–Crippen LogP) is 7.31. The molecule has 1 heteroatoms. The molecule has 2 aliphatic carbocycles. The molecule has 1 aromatic carbocycles. The Labute approximate surface area is 150 Å². The van der Waals surface area contributed by atoms with Crippen LogP contribution in [0.5, 0.6) is 0 Å². The van der Waals surface area contributed by atoms with Crippen molar-refractivity contribution in [3.05, 3.63) is 88.0 Å². The van der Waals surface area contributed by atoms with Crippen LogP contribution in [0.4, 0.5) is 0 Å². The molecule has 0 bridgehead atoms. The van der Waals surface area contributed by atoms with Crippen molar-refractivity contribution in [3.8, 4) is 0 Å². The molecule has 0 N–H and O–H groups in total. The van der Waals surface area contributed by atoms with Gasteiger partial charge >= 0.3 is 0 Å². The smallest absolute Gasteiger partial charge is 0.0184 e. The Hall–Kier alpha value is -2.05. The zero-order valence-electron chi connectivity index (χ0n) is 14.5. The van der Waals surface area contributed by atoms with E-state index in [0.29, 0.717) is 0 Å². The van der Waals surface area contributed by atoms with Gasteiger partial charge in [-0.2, -0.15) is 0 Å². The molecule has 0 atom stereocenters. The average Bonchev–Trinajstić information content (AvgIpc) is 2.85. The van der Waals surface area contributed by atoms with Crippen molar-refractivity contribution < 1.29 is 0 Å². The molecule has 122 valence electrons. The summed E-state index contributed by atoms with van der Waals surface area (Å²) in [6.45, 7) is 12.6. The monoisotopic (exact) mass is 334 g/mol. The fraction of sp³-hybridized carbons (Fsp3) is 0.217. The van der Waals surface area contributed by atoms with E-state index < -0.39 is 0 Å². The number of fused-ring (bicyclic) bond motifs is 1. The summed E-state index contributed by atoms with van der Waals surface area (Å²) in [5.74, 6) is 0. The normalized spacial score (nSPS) is 17.6. The lowest BCUT2D eigenvalue weighted by Gasteiger charge is -2.15. The Morgan fingerprint density at radius 2 is 2.04 bits per heavy atom. The molecule has 1 aromatic rings. The van der Waals surface area contributed by atoms with Crippen LogP contribution >= 0.6 is 11.6 Å². The van der Waals surface area contributed by atoms with Gasteiger partial charge in [-0.15, -0.1) is 0 Å². The minimum absolute atomic E-state index is 0.937. The van der Waals surface area contributed by atoms with Gasteiger partial charge in [0.05, 0.1) is 0 Å². The Kier molecular flexibility index (Phi) is 4.78. The SMILES string of the molecule is C=Cc1cccc2c1C(=C)C(C)=C2/C=C(\CC)C1=CC=C(Cl)CC1. The summed E-state index contributed by atoms with van der Waals surface area (Å²) >= 11 is 6.11. The first-order valence-electron chi connectivity index (χ1n) is 8.49. The number of rotatable bonds is 4. The molecule has 24 heavy (non-hydrogen) atoms. The first kappa shape index (κ1) is 16.8. The zero-order chi connectivity index (χ0) is 17.3. The van der Waals surface area contributed by atoms with Crippen molar-refractivity contribution in [1.29, 1.82) is 0 Å². The topological polar surface area (TPSA) is 0 Å². The fourth-order valence-corrected chi connectivity index (χ4v) is 3.67. The van der Waals surface area contributed by atoms with Crippen molar-refractivity contribution in [2.24, 2.45) is 0 Å². The van der Waals surface area contributed by atoms with E-state index in [2.05, 4.69) is 57.4 Å². The van der Waals surface area contributed by atoms with Crippen molar-refractivity contribution in [3.63, 3.8) is 0 Å². The third-order valence-corrected chi connectivity index (χ3v) is 5.29. The van der Waals surface area contributed by atoms with E-state index in [-0.39, 0.29) is 0 Å². The summed E-state index contributed by atoms with van der Waals surface area (Å²) in [7, 11) is 0. The second kappa shape index (κ2) is 6.83. The predicted molar refractivity (Wildman–Crippen MR) is 108 cm³/mol. The lowest BCUT2D eigenvalue weighted by Crippen LogP contribution is -1.95. The highest BCUT2D eigenvalue weighted by atomic mass is 35.5. The molecule has 0 saturated heterocycles. The quantitative estimate of drug-likeness (QED) is 0.541. The van der Waals surface area contributed by atoms with Crippen molar-refractivity contribution >= 4 is 28.8 Å². The van der Waals surface area contributed by atoms with Crippen LogP contribution in [0.1, 0.15) is 49.8 Å². The molecular formula is C23H23Cl. The molecule has 0 aromatic heterocycles. The summed E-state index contributed by atoms with van der Waals surface area (Å²) < 4.78 is 0. The van der Waals surface area contributed by atoms with Crippen LogP contribution in [-0.4, -0.2) is 0 Å². The summed E-state index contributed by atoms with van der Waals surface area (Å²) in [6, 6.07) is 6.40. The van der Waals surface area contributed by atoms with E-state index >= 15 is 0 Å². The molecule has 0 saturated carbocycles. The van der Waals surface area contributed by atoms with E-state index in [1.807, 2.05) is 12.2 Å². The number of hydrogen-bond donors (Lipinski definition) is 0. The van der Waals surface area contributed by atoms with Gasteiger partial charge in [0, 0.05) is 5.03 Å². The van der Waals surface area contributed by atoms with E-state index in [0.717, 1.165) is 35.4 Å². The average molecular weight is 335 g/mol. The Morgan fingerprint density at radius 1 is 1.25 bits per heavy atom. The Morgan fingerprint density at radius 3 is 2.67 bits per heavy atom. The highest BCUT2D eigenvalue weighted by Crippen LogP contribution is 2.44. The van der Waals surface area contributed by atoms with Crippen LogP contribution in [0.3, 0.4) is 0 Å². The van der Waals surface area contributed by atoms with Crippen molar-refractivity contribution in [2.75, 3.05) is 0 Å². The highest BCUT2D eigenvalue weighted by molar-refractivity contribution is 6.29. The van der Waals surface area contributed by atoms with Gasteiger partial charge in [-0.3, -0.25) is 0 Å². The fourth-order valence-electron chi connectivity index (χ4n) is 3.51. The molecule has 2 aliphatic rings. The second-order valence-corrected chi connectivity index (χ2v) is 6.81. The van der Waals surface area contributed by atoms with Gasteiger partial charge in [-0.25, -0.2) is 0 Å². The van der Waals surface area contributed by atoms with Crippen LogP contribution in [-0.2, 0) is 0 Å². The molecule has 0 aliphatic heterocycles. The van der Waals surface area contributed by atoms with Crippen LogP contribution in [0.25, 0.3) is 17.2 Å². The van der Waals surface area contributed by atoms with Gasteiger partial charge in [0.1, 0.15) is 0 Å². The van der Waals surface area contributed by atoms with Gasteiger partial charge < -0.3 is 0 Å². The van der Waals surface area contributed by atoms with E-state index in [9.17, 15) is 0 Å². The van der Waals surface area contributed by atoms with Crippen LogP contribution in [0.15, 0.2) is 71.3 Å². The van der Waals surface area contributed by atoms with Gasteiger partial charge in [-0.05, 0) is 76.8 Å². The molecule has 3 rings (SSSR count). The number of halogens is 1. The summed E-state index contributed by atoms with van der Waals surface area (Å²) in [5, 5.41) is 0.944. The summed E-state index contributed by atoms with van der Waals surface area (Å²) in [6.07, 6.45) is 11.4. The first-order valence-corrected chi connectivity index (χ1v) is 8.87. The largest absolute Gasteiger partial charge is 0.0984 e. The molecule has 0 radical (unpaired) electrons. The summed E-state index contributed by atoms with van der Waals surface area (Å²) in [5.41, 5.74) is 10.1. The molecule has 0 amide bonds. The molecule has 0 unspecified atom stereocenters. The number of hydrogen-bond acceptors (Lipinski definition) is 0. The minimum atomic E-state index is 0.937. The maximum Gasteiger partial charge on any atom is 0.0184 e. The molecule has 0 heterocycles. The van der Waals surface area contributed by atoms with Gasteiger partial charge in [0.15, 0.2) is 0 Å². The van der Waals surface area contributed by atoms with Gasteiger partial charge in [0.25, 0.3) is 0 Å². The maximum absolute atomic E-state index is 6.11. The van der Waals surface area contributed by atoms with E-state index in [4.69, 9.17) is 11.6 Å². The molecular weight excluding hydrogens is 312 g/mol. The number of benzene rings is 1. The Balaban J connectivity index is 2.10. The molecule has 0 spiro atoms. The van der Waals surface area contributed by atoms with Crippen molar-refractivity contribution in [2.45, 2.75) is 33.1 Å². The molecule has 0 nitrogen and oxygen atoms in total. The number of allylic oxidation sites excluding steroid dienone is 9. The second-order valence-electron chi connectivity index (χ2n) is 6.32. The van der Waals surface area contributed by atoms with Gasteiger partial charge in [-0.1, -0.05) is 68.1 Å². The van der Waals surface area contributed by atoms with Crippen LogP contribution in [0.2, 0.25) is 0 Å².